The van der Waals surface area contributed by atoms with Crippen molar-refractivity contribution in [3.63, 3.8) is 0 Å². The minimum atomic E-state index is -0.270. The summed E-state index contributed by atoms with van der Waals surface area (Å²) in [6.45, 7) is 4.83. The van der Waals surface area contributed by atoms with Crippen molar-refractivity contribution < 1.29 is 13.3 Å². The molecule has 0 bridgehead atoms. The molecule has 0 radical (unpaired) electrons. The molecule has 14 heterocycles. The van der Waals surface area contributed by atoms with Crippen LogP contribution in [0.2, 0.25) is 0 Å². The van der Waals surface area contributed by atoms with Crippen LogP contribution < -0.4 is 0 Å². The van der Waals surface area contributed by atoms with E-state index in [2.05, 4.69) is 351 Å². The monoisotopic (exact) mass is 1760 g/mol. The Morgan fingerprint density at radius 3 is 1.53 bits per heavy atom. The van der Waals surface area contributed by atoms with Crippen LogP contribution in [0.3, 0.4) is 0 Å². The molecule has 0 N–H and O–H groups in total. The first-order chi connectivity index (χ1) is 67.3. The van der Waals surface area contributed by atoms with Gasteiger partial charge in [-0.05, 0) is 156 Å². The van der Waals surface area contributed by atoms with Crippen LogP contribution in [0.25, 0.3) is 269 Å². The molecule has 0 spiro atoms. The Balaban J connectivity index is 0.000000101. The van der Waals surface area contributed by atoms with Gasteiger partial charge in [-0.2, -0.15) is 0 Å². The highest BCUT2D eigenvalue weighted by Crippen LogP contribution is 2.60. The fourth-order valence-corrected chi connectivity index (χ4v) is 23.8. The third-order valence-corrected chi connectivity index (χ3v) is 29.4. The van der Waals surface area contributed by atoms with E-state index in [9.17, 15) is 0 Å². The third-order valence-electron chi connectivity index (χ3n) is 28.2. The summed E-state index contributed by atoms with van der Waals surface area (Å²) in [7, 11) is 0. The molecule has 636 valence electrons. The number of rotatable bonds is 7. The second-order valence-corrected chi connectivity index (χ2v) is 37.0. The summed E-state index contributed by atoms with van der Waals surface area (Å²) in [6.07, 6.45) is 7.79. The van der Waals surface area contributed by atoms with Crippen molar-refractivity contribution in [1.82, 2.24) is 47.6 Å². The van der Waals surface area contributed by atoms with Crippen LogP contribution >= 0.6 is 11.3 Å². The van der Waals surface area contributed by atoms with E-state index in [1.54, 1.807) is 6.20 Å². The van der Waals surface area contributed by atoms with Crippen LogP contribution in [-0.2, 0) is 5.41 Å². The molecule has 0 saturated carbocycles. The Kier molecular flexibility index (Phi) is 16.2. The third kappa shape index (κ3) is 10.9. The lowest BCUT2D eigenvalue weighted by molar-refractivity contribution is 0.665. The highest BCUT2D eigenvalue weighted by atomic mass is 32.1. The van der Waals surface area contributed by atoms with Crippen molar-refractivity contribution in [3.8, 4) is 67.9 Å². The Labute approximate surface area is 778 Å². The van der Waals surface area contributed by atoms with E-state index >= 15 is 0 Å². The number of aromatic nitrogens is 10. The first-order valence-corrected chi connectivity index (χ1v) is 46.8. The van der Waals surface area contributed by atoms with Crippen LogP contribution in [0.1, 0.15) is 25.0 Å². The molecule has 0 fully saturated rings. The largest absolute Gasteiger partial charge is 0.455 e. The van der Waals surface area contributed by atoms with E-state index in [0.29, 0.717) is 0 Å². The van der Waals surface area contributed by atoms with Gasteiger partial charge in [0.15, 0.2) is 0 Å². The second-order valence-electron chi connectivity index (χ2n) is 36.0. The van der Waals surface area contributed by atoms with Crippen molar-refractivity contribution in [2.24, 2.45) is 0 Å². The molecule has 0 aliphatic heterocycles. The van der Waals surface area contributed by atoms with E-state index in [1.807, 2.05) is 109 Å². The first kappa shape index (κ1) is 75.9. The summed E-state index contributed by atoms with van der Waals surface area (Å²) in [5.74, 6) is 0.811. The van der Waals surface area contributed by atoms with Gasteiger partial charge in [-0.25, -0.2) is 15.0 Å². The fraction of sp³-hybridized carbons (Fsp3) is 0.0246. The molecule has 0 atom stereocenters. The van der Waals surface area contributed by atoms with Crippen LogP contribution in [0.15, 0.2) is 426 Å². The molecule has 136 heavy (non-hydrogen) atoms. The molecular formula is C122H74N10O3S. The van der Waals surface area contributed by atoms with Gasteiger partial charge in [0.05, 0.1) is 99.5 Å². The SMILES string of the molecule is CC1(C)c2ccccc2-c2c1c1c3cc(-c4ccc5ccc6cccnc6c5n4)ccc3n(-c3ccccc3)c1c1c3ccccc3n(-c3ccccc3)c21.c1cc(-c2cn3ccccc3n2)cc(-n2c3ccccc3c3c4oc5ccccc5c4c4sc5ccccc5c4c32)c1.c1ccc(-c2cccc(-n3c4ccccc4c4c5oc6ccccc6c5c5oc6ccccc6c5c43)n2)nc1. The average molecular weight is 1760 g/mol. The van der Waals surface area contributed by atoms with E-state index in [-0.39, 0.29) is 5.41 Å². The number of pyridine rings is 5. The topological polar surface area (TPSA) is 128 Å². The van der Waals surface area contributed by atoms with Crippen molar-refractivity contribution in [3.05, 3.63) is 424 Å². The maximum atomic E-state index is 6.73. The van der Waals surface area contributed by atoms with Crippen LogP contribution in [0, 0.1) is 0 Å². The van der Waals surface area contributed by atoms with Gasteiger partial charge in [-0.15, -0.1) is 11.3 Å². The number of para-hydroxylation sites is 8. The zero-order chi connectivity index (χ0) is 89.3. The summed E-state index contributed by atoms with van der Waals surface area (Å²) in [5, 5.41) is 20.8. The van der Waals surface area contributed by atoms with E-state index in [4.69, 9.17) is 33.2 Å². The summed E-state index contributed by atoms with van der Waals surface area (Å²) >= 11 is 1.86. The molecule has 14 aromatic heterocycles. The van der Waals surface area contributed by atoms with Crippen LogP contribution in [0.4, 0.5) is 0 Å². The molecule has 0 unspecified atom stereocenters. The molecule has 30 aromatic rings. The number of hydrogen-bond donors (Lipinski definition) is 0. The molecule has 16 aromatic carbocycles. The minimum Gasteiger partial charge on any atom is -0.455 e. The molecule has 14 heteroatoms. The smallest absolute Gasteiger partial charge is 0.149 e. The van der Waals surface area contributed by atoms with Crippen molar-refractivity contribution in [2.45, 2.75) is 19.3 Å². The Morgan fingerprint density at radius 1 is 0.301 bits per heavy atom. The van der Waals surface area contributed by atoms with Gasteiger partial charge < -0.3 is 31.4 Å². The summed E-state index contributed by atoms with van der Waals surface area (Å²) in [5.41, 5.74) is 31.5. The number of thiophene rings is 1. The lowest BCUT2D eigenvalue weighted by Gasteiger charge is -2.23. The molecule has 1 aliphatic rings. The van der Waals surface area contributed by atoms with E-state index < -0.39 is 0 Å². The Bertz CT molecular complexity index is 10200. The van der Waals surface area contributed by atoms with E-state index in [0.717, 1.165) is 177 Å². The van der Waals surface area contributed by atoms with Gasteiger partial charge in [-0.1, -0.05) is 263 Å². The molecule has 13 nitrogen and oxygen atoms in total. The normalized spacial score (nSPS) is 12.7. The first-order valence-electron chi connectivity index (χ1n) is 46.0. The minimum absolute atomic E-state index is 0.270. The molecular weight excluding hydrogens is 1690 g/mol. The fourth-order valence-electron chi connectivity index (χ4n) is 22.6. The van der Waals surface area contributed by atoms with Crippen LogP contribution in [-0.4, -0.2) is 47.6 Å². The second kappa shape index (κ2) is 29.1. The summed E-state index contributed by atoms with van der Waals surface area (Å²) in [6, 6.07) is 137. The van der Waals surface area contributed by atoms with Crippen molar-refractivity contribution >= 4 is 212 Å². The highest BCUT2D eigenvalue weighted by Gasteiger charge is 2.42. The maximum absolute atomic E-state index is 6.73. The standard InChI is InChI=1S/C51H34N4.C37H21N3OS.C34H19N3O2/c1-51(2)39-21-11-9-19-36(39)43-46(51)44-38-30-33(40-27-25-32-24-23-31-14-13-29-52-47(31)48(32)53-40)26-28-42(38)55(35-17-7-4-8-18-35)50(44)45-37-20-10-12-22-41(37)54(49(43)45)34-15-5-3-6-16-34;1-4-15-28-24(12-1)32-35(40(28)23-11-9-10-22(20-23)27-21-39-19-8-7-18-31(39)38-27)33-26-14-3-6-17-30(26)42-37(33)34-25-13-2-5-16-29(25)41-36(32)34;1-4-15-25-20(10-1)29-32(37(25)28-18-9-14-24(36-28)23-13-7-8-19-35-23)30-21-11-2-5-16-26(21)38-34(30)31-22-12-3-6-17-27(22)39-33(29)31/h3-30H,1-2H3;1-21H;1-19H. The predicted octanol–water partition coefficient (Wildman–Crippen LogP) is 32.4. The predicted molar refractivity (Wildman–Crippen MR) is 560 cm³/mol. The lowest BCUT2D eigenvalue weighted by Crippen LogP contribution is -2.15. The number of imidazole rings is 1. The molecule has 31 rings (SSSR count). The van der Waals surface area contributed by atoms with Crippen molar-refractivity contribution in [1.29, 1.82) is 0 Å². The van der Waals surface area contributed by atoms with E-state index in [1.165, 1.54) is 102 Å². The number of hydrogen-bond acceptors (Lipinski definition) is 9. The zero-order valence-corrected chi connectivity index (χ0v) is 74.2. The number of benzene rings is 16. The number of furan rings is 3. The Hall–Kier alpha value is -17.9. The lowest BCUT2D eigenvalue weighted by atomic mass is 9.80. The van der Waals surface area contributed by atoms with Crippen molar-refractivity contribution in [2.75, 3.05) is 0 Å². The Morgan fingerprint density at radius 2 is 0.824 bits per heavy atom. The van der Waals surface area contributed by atoms with Gasteiger partial charge >= 0.3 is 0 Å². The van der Waals surface area contributed by atoms with Gasteiger partial charge in [0.25, 0.3) is 0 Å². The average Bonchev–Trinajstić information content (AvgIpc) is 1.50. The van der Waals surface area contributed by atoms with Crippen LogP contribution in [0.5, 0.6) is 0 Å². The van der Waals surface area contributed by atoms with Gasteiger partial charge in [0.1, 0.15) is 45.0 Å². The summed E-state index contributed by atoms with van der Waals surface area (Å²) < 4.78 is 34.3. The number of nitrogens with zero attached hydrogens (tertiary/aromatic N) is 10. The quantitative estimate of drug-likeness (QED) is 0.144. The molecule has 1 aliphatic carbocycles. The van der Waals surface area contributed by atoms with Gasteiger partial charge in [0, 0.05) is 149 Å². The zero-order valence-electron chi connectivity index (χ0n) is 73.4. The maximum Gasteiger partial charge on any atom is 0.149 e. The number of fused-ring (bicyclic) bond motifs is 40. The highest BCUT2D eigenvalue weighted by molar-refractivity contribution is 7.27. The van der Waals surface area contributed by atoms with Gasteiger partial charge in [-0.3, -0.25) is 14.5 Å². The summed E-state index contributed by atoms with van der Waals surface area (Å²) in [4.78, 5) is 24.7. The van der Waals surface area contributed by atoms with Gasteiger partial charge in [0.2, 0.25) is 0 Å². The molecule has 0 saturated heterocycles. The molecule has 0 amide bonds.